The Hall–Kier alpha value is -4.22. The van der Waals surface area contributed by atoms with Crippen molar-refractivity contribution in [2.75, 3.05) is 7.11 Å². The Morgan fingerprint density at radius 2 is 1.94 bits per heavy atom. The first-order chi connectivity index (χ1) is 16.3. The van der Waals surface area contributed by atoms with Crippen molar-refractivity contribution in [1.29, 1.82) is 0 Å². The predicted molar refractivity (Wildman–Crippen MR) is 114 cm³/mol. The van der Waals surface area contributed by atoms with E-state index in [1.165, 1.54) is 25.3 Å². The van der Waals surface area contributed by atoms with E-state index >= 15 is 0 Å². The number of nitrogens with one attached hydrogen (secondary N) is 1. The molecule has 3 N–H and O–H groups in total. The Morgan fingerprint density at radius 1 is 1.18 bits per heavy atom. The van der Waals surface area contributed by atoms with Crippen molar-refractivity contribution < 1.29 is 37.1 Å². The molecule has 0 aliphatic heterocycles. The zero-order valence-electron chi connectivity index (χ0n) is 18.3. The maximum absolute atomic E-state index is 12.5. The number of nitrogens with zero attached hydrogens (tertiary/aromatic N) is 2. The number of benzene rings is 2. The number of halogens is 2. The van der Waals surface area contributed by atoms with Gasteiger partial charge in [-0.2, -0.15) is 13.8 Å². The molecule has 1 aromatic heterocycles. The number of primary amides is 1. The van der Waals surface area contributed by atoms with E-state index in [1.54, 1.807) is 12.1 Å². The number of hydrogen-bond acceptors (Lipinski definition) is 8. The summed E-state index contributed by atoms with van der Waals surface area (Å²) in [7, 11) is 1.30. The molecular formula is C22H22F2N4O6. The van der Waals surface area contributed by atoms with Crippen molar-refractivity contribution in [1.82, 2.24) is 15.5 Å². The summed E-state index contributed by atoms with van der Waals surface area (Å²) in [6.45, 7) is -1.47. The zero-order valence-corrected chi connectivity index (χ0v) is 18.3. The molecule has 3 rings (SSSR count). The molecule has 0 saturated carbocycles. The van der Waals surface area contributed by atoms with E-state index in [1.807, 2.05) is 19.1 Å². The molecule has 180 valence electrons. The zero-order chi connectivity index (χ0) is 24.7. The normalized spacial score (nSPS) is 11.7. The molecule has 2 aromatic carbocycles. The summed E-state index contributed by atoms with van der Waals surface area (Å²) in [6.07, 6.45) is -0.169. The lowest BCUT2D eigenvalue weighted by Crippen LogP contribution is -2.35. The van der Waals surface area contributed by atoms with E-state index in [9.17, 15) is 18.4 Å². The molecule has 0 fully saturated rings. The van der Waals surface area contributed by atoms with Crippen molar-refractivity contribution in [3.05, 3.63) is 59.5 Å². The minimum Gasteiger partial charge on any atom is -0.493 e. The van der Waals surface area contributed by atoms with E-state index in [0.29, 0.717) is 5.56 Å². The number of methoxy groups -OCH3 is 1. The van der Waals surface area contributed by atoms with Crippen molar-refractivity contribution >= 4 is 12.0 Å². The van der Waals surface area contributed by atoms with Gasteiger partial charge in [0.05, 0.1) is 19.6 Å². The van der Waals surface area contributed by atoms with Crippen LogP contribution in [0.25, 0.3) is 11.4 Å². The van der Waals surface area contributed by atoms with Crippen LogP contribution in [0.5, 0.6) is 11.5 Å². The van der Waals surface area contributed by atoms with Gasteiger partial charge in [0.2, 0.25) is 5.82 Å². The minimum absolute atomic E-state index is 0.00512. The van der Waals surface area contributed by atoms with Crippen LogP contribution in [0.4, 0.5) is 13.6 Å². The number of carbonyl (C=O) groups is 2. The first-order valence-corrected chi connectivity index (χ1v) is 9.99. The molecule has 1 heterocycles. The van der Waals surface area contributed by atoms with Crippen molar-refractivity contribution in [3.63, 3.8) is 0 Å². The third kappa shape index (κ3) is 6.40. The number of hydrogen-bond donors (Lipinski definition) is 2. The standard InChI is InChI=1S/C22H22F2N4O6/c1-12-5-3-4-6-14(12)15(26-22(25)30)10-19(29)32-11-18-27-20(28-34-18)13-7-8-16(33-21(23)24)17(9-13)31-2/h3-9,15,21H,10-11H2,1-2H3,(H3,25,26,30). The molecule has 10 nitrogen and oxygen atoms in total. The quantitative estimate of drug-likeness (QED) is 0.424. The van der Waals surface area contributed by atoms with Crippen LogP contribution in [0.1, 0.15) is 29.5 Å². The van der Waals surface area contributed by atoms with Gasteiger partial charge in [-0.25, -0.2) is 4.79 Å². The first kappa shape index (κ1) is 24.4. The van der Waals surface area contributed by atoms with Crippen LogP contribution in [0.15, 0.2) is 47.0 Å². The Labute approximate surface area is 193 Å². The number of amides is 2. The number of alkyl halides is 2. The molecule has 0 aliphatic carbocycles. The second kappa shape index (κ2) is 11.1. The third-order valence-electron chi connectivity index (χ3n) is 4.71. The van der Waals surface area contributed by atoms with Crippen LogP contribution >= 0.6 is 0 Å². The number of aromatic nitrogens is 2. The van der Waals surface area contributed by atoms with E-state index < -0.39 is 24.7 Å². The largest absolute Gasteiger partial charge is 0.493 e. The van der Waals surface area contributed by atoms with Crippen molar-refractivity contribution in [2.45, 2.75) is 32.6 Å². The van der Waals surface area contributed by atoms with Gasteiger partial charge < -0.3 is 29.8 Å². The third-order valence-corrected chi connectivity index (χ3v) is 4.71. The second-order valence-electron chi connectivity index (χ2n) is 7.04. The van der Waals surface area contributed by atoms with E-state index in [0.717, 1.165) is 11.1 Å². The molecular weight excluding hydrogens is 454 g/mol. The van der Waals surface area contributed by atoms with Crippen LogP contribution in [-0.4, -0.2) is 35.9 Å². The summed E-state index contributed by atoms with van der Waals surface area (Å²) in [6, 6.07) is 9.92. The Balaban J connectivity index is 1.64. The van der Waals surface area contributed by atoms with Gasteiger partial charge >= 0.3 is 18.6 Å². The number of rotatable bonds is 10. The van der Waals surface area contributed by atoms with Crippen molar-refractivity contribution in [3.8, 4) is 22.9 Å². The van der Waals surface area contributed by atoms with Gasteiger partial charge in [0.15, 0.2) is 18.1 Å². The summed E-state index contributed by atoms with van der Waals surface area (Å²) in [5.41, 5.74) is 7.25. The fourth-order valence-electron chi connectivity index (χ4n) is 3.19. The highest BCUT2D eigenvalue weighted by Crippen LogP contribution is 2.32. The van der Waals surface area contributed by atoms with Crippen LogP contribution in [0, 0.1) is 6.92 Å². The van der Waals surface area contributed by atoms with Gasteiger partial charge in [0.1, 0.15) is 0 Å². The average Bonchev–Trinajstić information content (AvgIpc) is 3.26. The van der Waals surface area contributed by atoms with Crippen LogP contribution < -0.4 is 20.5 Å². The highest BCUT2D eigenvalue weighted by molar-refractivity contribution is 5.75. The van der Waals surface area contributed by atoms with Crippen LogP contribution in [0.2, 0.25) is 0 Å². The number of esters is 1. The Kier molecular flexibility index (Phi) is 7.96. The van der Waals surface area contributed by atoms with Crippen LogP contribution in [0.3, 0.4) is 0 Å². The lowest BCUT2D eigenvalue weighted by molar-refractivity contribution is -0.146. The molecule has 3 aromatic rings. The van der Waals surface area contributed by atoms with Gasteiger partial charge in [-0.1, -0.05) is 29.4 Å². The topological polar surface area (TPSA) is 139 Å². The maximum atomic E-state index is 12.5. The SMILES string of the molecule is COc1cc(-c2noc(COC(=O)CC(NC(N)=O)c3ccccc3C)n2)ccc1OC(F)F. The van der Waals surface area contributed by atoms with E-state index in [4.69, 9.17) is 19.7 Å². The molecule has 0 aliphatic rings. The summed E-state index contributed by atoms with van der Waals surface area (Å²) in [4.78, 5) is 27.9. The van der Waals surface area contributed by atoms with E-state index in [2.05, 4.69) is 20.2 Å². The fourth-order valence-corrected chi connectivity index (χ4v) is 3.19. The molecule has 0 radical (unpaired) electrons. The molecule has 0 spiro atoms. The highest BCUT2D eigenvalue weighted by atomic mass is 19.3. The molecule has 1 atom stereocenters. The van der Waals surface area contributed by atoms with Crippen LogP contribution in [-0.2, 0) is 16.1 Å². The monoisotopic (exact) mass is 476 g/mol. The molecule has 2 amide bonds. The smallest absolute Gasteiger partial charge is 0.387 e. The van der Waals surface area contributed by atoms with Gasteiger partial charge in [-0.15, -0.1) is 0 Å². The summed E-state index contributed by atoms with van der Waals surface area (Å²) < 4.78 is 44.7. The maximum Gasteiger partial charge on any atom is 0.387 e. The van der Waals surface area contributed by atoms with Gasteiger partial charge in [0, 0.05) is 5.56 Å². The minimum atomic E-state index is -3.00. The number of carbonyl (C=O) groups excluding carboxylic acids is 2. The average molecular weight is 476 g/mol. The molecule has 12 heteroatoms. The number of aryl methyl sites for hydroxylation is 1. The second-order valence-corrected chi connectivity index (χ2v) is 7.04. The number of ether oxygens (including phenoxy) is 3. The van der Waals surface area contributed by atoms with Gasteiger partial charge in [-0.3, -0.25) is 4.79 Å². The summed E-state index contributed by atoms with van der Waals surface area (Å²) in [5.74, 6) is -0.588. The van der Waals surface area contributed by atoms with E-state index in [-0.39, 0.29) is 36.2 Å². The molecule has 1 unspecified atom stereocenters. The predicted octanol–water partition coefficient (Wildman–Crippen LogP) is 3.50. The Morgan fingerprint density at radius 3 is 2.62 bits per heavy atom. The highest BCUT2D eigenvalue weighted by Gasteiger charge is 2.21. The lowest BCUT2D eigenvalue weighted by atomic mass is 9.99. The summed E-state index contributed by atoms with van der Waals surface area (Å²) in [5, 5.41) is 6.33. The first-order valence-electron chi connectivity index (χ1n) is 9.99. The molecule has 34 heavy (non-hydrogen) atoms. The fraction of sp³-hybridized carbons (Fsp3) is 0.273. The van der Waals surface area contributed by atoms with Gasteiger partial charge in [0.25, 0.3) is 5.89 Å². The molecule has 0 saturated heterocycles. The Bertz CT molecular complexity index is 1150. The number of nitrogens with two attached hydrogens (primary N) is 1. The summed E-state index contributed by atoms with van der Waals surface area (Å²) >= 11 is 0. The number of urea groups is 1. The van der Waals surface area contributed by atoms with Gasteiger partial charge in [-0.05, 0) is 36.2 Å². The van der Waals surface area contributed by atoms with Crippen molar-refractivity contribution in [2.24, 2.45) is 5.73 Å². The lowest BCUT2D eigenvalue weighted by Gasteiger charge is -2.19. The molecule has 0 bridgehead atoms.